The molecule has 0 bridgehead atoms. The number of hydrogen-bond donors (Lipinski definition) is 0. The van der Waals surface area contributed by atoms with E-state index in [0.717, 1.165) is 37.2 Å². The van der Waals surface area contributed by atoms with Crippen molar-refractivity contribution in [3.05, 3.63) is 41.4 Å². The van der Waals surface area contributed by atoms with E-state index in [9.17, 15) is 5.26 Å². The van der Waals surface area contributed by atoms with E-state index >= 15 is 0 Å². The van der Waals surface area contributed by atoms with Crippen LogP contribution in [0.15, 0.2) is 28.7 Å². The summed E-state index contributed by atoms with van der Waals surface area (Å²) in [5.41, 5.74) is 1.42. The van der Waals surface area contributed by atoms with E-state index in [1.54, 1.807) is 0 Å². The van der Waals surface area contributed by atoms with Gasteiger partial charge in [0.1, 0.15) is 11.8 Å². The first-order valence-corrected chi connectivity index (χ1v) is 8.11. The molecular weight excluding hydrogens is 290 g/mol. The SMILES string of the molecule is Cc1ccccc1OCc1nc(C#N)c(N2CCCCCC2)o1. The van der Waals surface area contributed by atoms with Crippen molar-refractivity contribution >= 4 is 5.88 Å². The molecule has 2 heterocycles. The van der Waals surface area contributed by atoms with E-state index in [4.69, 9.17) is 9.15 Å². The maximum Gasteiger partial charge on any atom is 0.236 e. The molecule has 0 saturated carbocycles. The van der Waals surface area contributed by atoms with Gasteiger partial charge in [0.15, 0.2) is 6.61 Å². The van der Waals surface area contributed by atoms with Crippen molar-refractivity contribution in [1.82, 2.24) is 4.98 Å². The van der Waals surface area contributed by atoms with Crippen LogP contribution in [0, 0.1) is 18.3 Å². The quantitative estimate of drug-likeness (QED) is 0.859. The topological polar surface area (TPSA) is 62.3 Å². The first kappa shape index (κ1) is 15.4. The number of hydrogen-bond acceptors (Lipinski definition) is 5. The third-order valence-electron chi connectivity index (χ3n) is 4.10. The number of benzene rings is 1. The van der Waals surface area contributed by atoms with Crippen LogP contribution >= 0.6 is 0 Å². The third kappa shape index (κ3) is 3.65. The first-order chi connectivity index (χ1) is 11.3. The lowest BCUT2D eigenvalue weighted by Gasteiger charge is -2.18. The van der Waals surface area contributed by atoms with Crippen LogP contribution in [0.1, 0.15) is 42.8 Å². The van der Waals surface area contributed by atoms with Crippen molar-refractivity contribution in [2.24, 2.45) is 0 Å². The van der Waals surface area contributed by atoms with Gasteiger partial charge in [-0.2, -0.15) is 10.2 Å². The van der Waals surface area contributed by atoms with Gasteiger partial charge in [-0.05, 0) is 31.4 Å². The second-order valence-corrected chi connectivity index (χ2v) is 5.83. The Morgan fingerprint density at radius 1 is 1.22 bits per heavy atom. The molecule has 2 aromatic rings. The fourth-order valence-corrected chi connectivity index (χ4v) is 2.84. The van der Waals surface area contributed by atoms with Gasteiger partial charge in [-0.25, -0.2) is 0 Å². The molecule has 120 valence electrons. The largest absolute Gasteiger partial charge is 0.484 e. The van der Waals surface area contributed by atoms with Crippen LogP contribution in [-0.2, 0) is 6.61 Å². The van der Waals surface area contributed by atoms with Crippen LogP contribution in [0.4, 0.5) is 5.88 Å². The molecule has 0 aliphatic carbocycles. The van der Waals surface area contributed by atoms with Gasteiger partial charge < -0.3 is 14.1 Å². The number of rotatable bonds is 4. The average Bonchev–Trinajstić information content (AvgIpc) is 2.79. The minimum atomic E-state index is 0.230. The molecule has 0 radical (unpaired) electrons. The summed E-state index contributed by atoms with van der Waals surface area (Å²) < 4.78 is 11.6. The molecule has 1 aromatic heterocycles. The molecule has 1 fully saturated rings. The molecular formula is C18H21N3O2. The zero-order valence-corrected chi connectivity index (χ0v) is 13.4. The van der Waals surface area contributed by atoms with E-state index in [1.807, 2.05) is 31.2 Å². The van der Waals surface area contributed by atoms with Gasteiger partial charge in [-0.1, -0.05) is 31.0 Å². The van der Waals surface area contributed by atoms with E-state index < -0.39 is 0 Å². The normalized spacial score (nSPS) is 15.0. The molecule has 0 N–H and O–H groups in total. The second-order valence-electron chi connectivity index (χ2n) is 5.83. The fraction of sp³-hybridized carbons (Fsp3) is 0.444. The van der Waals surface area contributed by atoms with Gasteiger partial charge in [-0.15, -0.1) is 0 Å². The van der Waals surface area contributed by atoms with Gasteiger partial charge in [0, 0.05) is 13.1 Å². The Hall–Kier alpha value is -2.48. The average molecular weight is 311 g/mol. The fourth-order valence-electron chi connectivity index (χ4n) is 2.84. The molecule has 5 heteroatoms. The summed E-state index contributed by atoms with van der Waals surface area (Å²) in [6.45, 7) is 4.06. The number of nitrogens with zero attached hydrogens (tertiary/aromatic N) is 3. The van der Waals surface area contributed by atoms with E-state index in [-0.39, 0.29) is 6.61 Å². The van der Waals surface area contributed by atoms with E-state index in [2.05, 4.69) is 16.0 Å². The number of para-hydroxylation sites is 1. The lowest BCUT2D eigenvalue weighted by Crippen LogP contribution is -2.24. The zero-order valence-electron chi connectivity index (χ0n) is 13.4. The standard InChI is InChI=1S/C18H21N3O2/c1-14-8-4-5-9-16(14)22-13-17-20-15(12-19)18(23-17)21-10-6-2-3-7-11-21/h4-5,8-9H,2-3,6-7,10-11,13H2,1H3. The summed E-state index contributed by atoms with van der Waals surface area (Å²) in [7, 11) is 0. The zero-order chi connectivity index (χ0) is 16.1. The van der Waals surface area contributed by atoms with Gasteiger partial charge in [0.2, 0.25) is 17.5 Å². The van der Waals surface area contributed by atoms with E-state index in [0.29, 0.717) is 17.5 Å². The minimum Gasteiger partial charge on any atom is -0.484 e. The number of aryl methyl sites for hydroxylation is 1. The van der Waals surface area contributed by atoms with Gasteiger partial charge in [-0.3, -0.25) is 0 Å². The molecule has 1 aromatic carbocycles. The van der Waals surface area contributed by atoms with Crippen LogP contribution in [0.25, 0.3) is 0 Å². The summed E-state index contributed by atoms with van der Waals surface area (Å²) in [4.78, 5) is 6.42. The van der Waals surface area contributed by atoms with Crippen molar-refractivity contribution in [1.29, 1.82) is 5.26 Å². The van der Waals surface area contributed by atoms with Crippen LogP contribution in [0.2, 0.25) is 0 Å². The Morgan fingerprint density at radius 2 is 1.96 bits per heavy atom. The highest BCUT2D eigenvalue weighted by Crippen LogP contribution is 2.26. The predicted octanol–water partition coefficient (Wildman–Crippen LogP) is 3.81. The predicted molar refractivity (Wildman–Crippen MR) is 87.4 cm³/mol. The lowest BCUT2D eigenvalue weighted by atomic mass is 10.2. The summed E-state index contributed by atoms with van der Waals surface area (Å²) in [5.74, 6) is 1.85. The monoisotopic (exact) mass is 311 g/mol. The molecule has 0 atom stereocenters. The first-order valence-electron chi connectivity index (χ1n) is 8.11. The van der Waals surface area contributed by atoms with Crippen LogP contribution < -0.4 is 9.64 Å². The second kappa shape index (κ2) is 7.19. The summed E-state index contributed by atoms with van der Waals surface area (Å²) in [6, 6.07) is 9.95. The smallest absolute Gasteiger partial charge is 0.236 e. The Balaban J connectivity index is 1.74. The third-order valence-corrected chi connectivity index (χ3v) is 4.10. The Morgan fingerprint density at radius 3 is 2.65 bits per heavy atom. The van der Waals surface area contributed by atoms with Crippen LogP contribution in [0.3, 0.4) is 0 Å². The number of anilines is 1. The summed E-state index contributed by atoms with van der Waals surface area (Å²) in [5, 5.41) is 9.32. The van der Waals surface area contributed by atoms with Crippen molar-refractivity contribution in [3.63, 3.8) is 0 Å². The van der Waals surface area contributed by atoms with E-state index in [1.165, 1.54) is 12.8 Å². The van der Waals surface area contributed by atoms with Crippen molar-refractivity contribution < 1.29 is 9.15 Å². The molecule has 0 spiro atoms. The van der Waals surface area contributed by atoms with Crippen molar-refractivity contribution in [2.75, 3.05) is 18.0 Å². The maximum atomic E-state index is 9.32. The lowest BCUT2D eigenvalue weighted by molar-refractivity contribution is 0.262. The number of ether oxygens (including phenoxy) is 1. The number of oxazole rings is 1. The van der Waals surface area contributed by atoms with Gasteiger partial charge in [0.05, 0.1) is 0 Å². The Labute approximate surface area is 136 Å². The number of aromatic nitrogens is 1. The molecule has 0 unspecified atom stereocenters. The minimum absolute atomic E-state index is 0.230. The van der Waals surface area contributed by atoms with Crippen molar-refractivity contribution in [2.45, 2.75) is 39.2 Å². The maximum absolute atomic E-state index is 9.32. The van der Waals surface area contributed by atoms with Gasteiger partial charge >= 0.3 is 0 Å². The Bertz CT molecular complexity index is 695. The molecule has 1 saturated heterocycles. The highest BCUT2D eigenvalue weighted by atomic mass is 16.5. The molecule has 0 amide bonds. The molecule has 23 heavy (non-hydrogen) atoms. The molecule has 1 aliphatic heterocycles. The highest BCUT2D eigenvalue weighted by Gasteiger charge is 2.20. The van der Waals surface area contributed by atoms with Crippen LogP contribution in [0.5, 0.6) is 5.75 Å². The molecule has 5 nitrogen and oxygen atoms in total. The molecule has 1 aliphatic rings. The van der Waals surface area contributed by atoms with Crippen molar-refractivity contribution in [3.8, 4) is 11.8 Å². The number of nitriles is 1. The van der Waals surface area contributed by atoms with Crippen LogP contribution in [-0.4, -0.2) is 18.1 Å². The molecule has 3 rings (SSSR count). The van der Waals surface area contributed by atoms with Gasteiger partial charge in [0.25, 0.3) is 0 Å². The highest BCUT2D eigenvalue weighted by molar-refractivity contribution is 5.48. The Kier molecular flexibility index (Phi) is 4.82. The summed E-state index contributed by atoms with van der Waals surface area (Å²) >= 11 is 0. The summed E-state index contributed by atoms with van der Waals surface area (Å²) in [6.07, 6.45) is 4.72.